The molecule has 1 rings (SSSR count). The molecule has 1 aromatic carbocycles. The Labute approximate surface area is 99.6 Å². The average molecular weight is 242 g/mol. The number of halogens is 2. The van der Waals surface area contributed by atoms with Gasteiger partial charge in [-0.2, -0.15) is 0 Å². The van der Waals surface area contributed by atoms with Gasteiger partial charge >= 0.3 is 0 Å². The zero-order valence-electron chi connectivity index (χ0n) is 10.2. The Kier molecular flexibility index (Phi) is 4.61. The van der Waals surface area contributed by atoms with Crippen LogP contribution in [-0.2, 0) is 0 Å². The molecule has 2 nitrogen and oxygen atoms in total. The monoisotopic (exact) mass is 242 g/mol. The molecule has 0 amide bonds. The highest BCUT2D eigenvalue weighted by atomic mass is 19.1. The van der Waals surface area contributed by atoms with Gasteiger partial charge in [0.25, 0.3) is 0 Å². The summed E-state index contributed by atoms with van der Waals surface area (Å²) in [6.45, 7) is 3.70. The van der Waals surface area contributed by atoms with E-state index in [-0.39, 0.29) is 23.0 Å². The molecule has 94 valence electrons. The van der Waals surface area contributed by atoms with E-state index in [0.29, 0.717) is 12.5 Å². The van der Waals surface area contributed by atoms with Crippen molar-refractivity contribution < 1.29 is 18.3 Å². The Bertz CT molecular complexity index is 416. The molecule has 4 heteroatoms. The molecule has 1 atom stereocenters. The van der Waals surface area contributed by atoms with E-state index in [2.05, 4.69) is 0 Å². The van der Waals surface area contributed by atoms with Gasteiger partial charge in [-0.3, -0.25) is 4.79 Å². The van der Waals surface area contributed by atoms with Crippen LogP contribution in [0.1, 0.15) is 37.0 Å². The molecule has 0 aromatic heterocycles. The topological polar surface area (TPSA) is 26.3 Å². The van der Waals surface area contributed by atoms with Crippen molar-refractivity contribution in [3.05, 3.63) is 29.3 Å². The predicted molar refractivity (Wildman–Crippen MR) is 61.3 cm³/mol. The zero-order chi connectivity index (χ0) is 13.0. The maximum absolute atomic E-state index is 13.4. The van der Waals surface area contributed by atoms with E-state index < -0.39 is 11.6 Å². The number of benzene rings is 1. The largest absolute Gasteiger partial charge is 0.493 e. The molecular weight excluding hydrogens is 226 g/mol. The second-order valence-corrected chi connectivity index (χ2v) is 4.02. The summed E-state index contributed by atoms with van der Waals surface area (Å²) >= 11 is 0. The summed E-state index contributed by atoms with van der Waals surface area (Å²) in [4.78, 5) is 12.0. The molecule has 17 heavy (non-hydrogen) atoms. The number of ketones is 1. The van der Waals surface area contributed by atoms with Crippen molar-refractivity contribution in [3.8, 4) is 5.75 Å². The van der Waals surface area contributed by atoms with Crippen LogP contribution in [0.15, 0.2) is 12.1 Å². The van der Waals surface area contributed by atoms with Gasteiger partial charge in [-0.25, -0.2) is 8.78 Å². The summed E-state index contributed by atoms with van der Waals surface area (Å²) in [7, 11) is 1.26. The molecule has 0 aliphatic rings. The van der Waals surface area contributed by atoms with Gasteiger partial charge in [-0.05, 0) is 12.5 Å². The lowest BCUT2D eigenvalue weighted by Gasteiger charge is -2.13. The van der Waals surface area contributed by atoms with Gasteiger partial charge in [0.1, 0.15) is 5.82 Å². The van der Waals surface area contributed by atoms with Gasteiger partial charge in [0.2, 0.25) is 0 Å². The van der Waals surface area contributed by atoms with Gasteiger partial charge in [0, 0.05) is 12.0 Å². The molecule has 0 spiro atoms. The first-order chi connectivity index (χ1) is 8.01. The second-order valence-electron chi connectivity index (χ2n) is 4.02. The maximum atomic E-state index is 13.4. The van der Waals surface area contributed by atoms with Crippen molar-refractivity contribution in [1.29, 1.82) is 0 Å². The van der Waals surface area contributed by atoms with Crippen molar-refractivity contribution >= 4 is 5.78 Å². The molecule has 0 bridgehead atoms. The first-order valence-corrected chi connectivity index (χ1v) is 5.58. The maximum Gasteiger partial charge on any atom is 0.169 e. The van der Waals surface area contributed by atoms with Crippen LogP contribution in [-0.4, -0.2) is 12.9 Å². The molecule has 0 radical (unpaired) electrons. The molecule has 0 N–H and O–H groups in total. The van der Waals surface area contributed by atoms with Gasteiger partial charge in [-0.15, -0.1) is 0 Å². The van der Waals surface area contributed by atoms with Crippen LogP contribution < -0.4 is 4.74 Å². The number of methoxy groups -OCH3 is 1. The number of rotatable bonds is 5. The number of carbonyl (C=O) groups is 1. The summed E-state index contributed by atoms with van der Waals surface area (Å²) < 4.78 is 31.3. The van der Waals surface area contributed by atoms with Gasteiger partial charge in [0.05, 0.1) is 12.7 Å². The minimum Gasteiger partial charge on any atom is -0.493 e. The summed E-state index contributed by atoms with van der Waals surface area (Å²) in [5.74, 6) is -2.36. The predicted octanol–water partition coefficient (Wildman–Crippen LogP) is 3.59. The fraction of sp³-hybridized carbons (Fsp3) is 0.462. The van der Waals surface area contributed by atoms with Gasteiger partial charge in [-0.1, -0.05) is 20.3 Å². The number of ether oxygens (including phenoxy) is 1. The Morgan fingerprint density at radius 1 is 1.41 bits per heavy atom. The third-order valence-corrected chi connectivity index (χ3v) is 2.65. The highest BCUT2D eigenvalue weighted by molar-refractivity contribution is 6.00. The molecule has 1 aromatic rings. The summed E-state index contributed by atoms with van der Waals surface area (Å²) in [5, 5.41) is 0. The van der Waals surface area contributed by atoms with E-state index in [9.17, 15) is 13.6 Å². The van der Waals surface area contributed by atoms with Crippen LogP contribution in [0.25, 0.3) is 0 Å². The van der Waals surface area contributed by atoms with Gasteiger partial charge in [0.15, 0.2) is 17.3 Å². The zero-order valence-corrected chi connectivity index (χ0v) is 10.2. The molecule has 0 aliphatic carbocycles. The third kappa shape index (κ3) is 3.02. The van der Waals surface area contributed by atoms with Crippen LogP contribution in [0.4, 0.5) is 8.78 Å². The van der Waals surface area contributed by atoms with Crippen molar-refractivity contribution in [2.24, 2.45) is 5.92 Å². The number of Topliss-reactive ketones (excluding diaryl/α,β-unsaturated/α-hetero) is 1. The van der Waals surface area contributed by atoms with Crippen LogP contribution in [0.5, 0.6) is 5.75 Å². The minimum atomic E-state index is -0.848. The van der Waals surface area contributed by atoms with E-state index in [0.717, 1.165) is 12.5 Å². The molecule has 0 heterocycles. The molecule has 0 saturated heterocycles. The lowest BCUT2D eigenvalue weighted by molar-refractivity contribution is 0.0919. The van der Waals surface area contributed by atoms with Crippen molar-refractivity contribution in [1.82, 2.24) is 0 Å². The Hall–Kier alpha value is -1.45. The van der Waals surface area contributed by atoms with Crippen LogP contribution in [0, 0.1) is 17.6 Å². The number of carbonyl (C=O) groups excluding carboxylic acids is 1. The summed E-state index contributed by atoms with van der Waals surface area (Å²) in [6.07, 6.45) is 1.52. The molecular formula is C13H16F2O2. The van der Waals surface area contributed by atoms with Gasteiger partial charge < -0.3 is 4.74 Å². The first-order valence-electron chi connectivity index (χ1n) is 5.58. The Balaban J connectivity index is 3.16. The quantitative estimate of drug-likeness (QED) is 0.737. The molecule has 0 aliphatic heterocycles. The van der Waals surface area contributed by atoms with Crippen molar-refractivity contribution in [2.75, 3.05) is 7.11 Å². The average Bonchev–Trinajstić information content (AvgIpc) is 2.27. The van der Waals surface area contributed by atoms with E-state index in [4.69, 9.17) is 4.74 Å². The van der Waals surface area contributed by atoms with E-state index in [1.54, 1.807) is 6.92 Å². The molecule has 0 saturated carbocycles. The van der Waals surface area contributed by atoms with E-state index >= 15 is 0 Å². The number of hydrogen-bond donors (Lipinski definition) is 0. The highest BCUT2D eigenvalue weighted by Gasteiger charge is 2.22. The summed E-state index contributed by atoms with van der Waals surface area (Å²) in [6, 6.07) is 1.73. The van der Waals surface area contributed by atoms with Crippen LogP contribution in [0.3, 0.4) is 0 Å². The Morgan fingerprint density at radius 3 is 2.59 bits per heavy atom. The molecule has 1 unspecified atom stereocenters. The number of hydrogen-bond acceptors (Lipinski definition) is 2. The second kappa shape index (κ2) is 5.75. The SMILES string of the molecule is CCCC(C)C(=O)c1cc(F)cc(F)c1OC. The lowest BCUT2D eigenvalue weighted by Crippen LogP contribution is -2.13. The lowest BCUT2D eigenvalue weighted by atomic mass is 9.94. The normalized spacial score (nSPS) is 12.3. The van der Waals surface area contributed by atoms with Crippen molar-refractivity contribution in [2.45, 2.75) is 26.7 Å². The highest BCUT2D eigenvalue weighted by Crippen LogP contribution is 2.27. The minimum absolute atomic E-state index is 0.0223. The fourth-order valence-corrected chi connectivity index (χ4v) is 1.78. The van der Waals surface area contributed by atoms with Crippen LogP contribution >= 0.6 is 0 Å². The van der Waals surface area contributed by atoms with Crippen LogP contribution in [0.2, 0.25) is 0 Å². The standard InChI is InChI=1S/C13H16F2O2/c1-4-5-8(2)12(16)10-6-9(14)7-11(15)13(10)17-3/h6-8H,4-5H2,1-3H3. The molecule has 0 fully saturated rings. The fourth-order valence-electron chi connectivity index (χ4n) is 1.78. The van der Waals surface area contributed by atoms with E-state index in [1.807, 2.05) is 6.92 Å². The van der Waals surface area contributed by atoms with E-state index in [1.165, 1.54) is 7.11 Å². The first kappa shape index (κ1) is 13.6. The van der Waals surface area contributed by atoms with Crippen molar-refractivity contribution in [3.63, 3.8) is 0 Å². The Morgan fingerprint density at radius 2 is 2.06 bits per heavy atom. The smallest absolute Gasteiger partial charge is 0.169 e. The third-order valence-electron chi connectivity index (χ3n) is 2.65. The summed E-state index contributed by atoms with van der Waals surface area (Å²) in [5.41, 5.74) is -0.0223.